The molecular weight excluding hydrogens is 622 g/mol. The van der Waals surface area contributed by atoms with Crippen molar-refractivity contribution in [2.45, 2.75) is 31.2 Å². The van der Waals surface area contributed by atoms with E-state index >= 15 is 0 Å². The zero-order valence-electron chi connectivity index (χ0n) is 22.9. The van der Waals surface area contributed by atoms with E-state index in [2.05, 4.69) is 143 Å². The second kappa shape index (κ2) is 10.3. The molecule has 1 aliphatic carbocycles. The number of rotatable bonds is 5. The Morgan fingerprint density at radius 1 is 0.800 bits per heavy atom. The average molecular weight is 653 g/mol. The van der Waals surface area contributed by atoms with Crippen LogP contribution in [0.1, 0.15) is 47.3 Å². The Balaban J connectivity index is 1.69. The van der Waals surface area contributed by atoms with Crippen LogP contribution in [0.4, 0.5) is 5.69 Å². The highest BCUT2D eigenvalue weighted by molar-refractivity contribution is 9.10. The zero-order chi connectivity index (χ0) is 28.1. The van der Waals surface area contributed by atoms with E-state index in [1.807, 2.05) is 30.3 Å². The lowest BCUT2D eigenvalue weighted by molar-refractivity contribution is 0.0877. The lowest BCUT2D eigenvalue weighted by Crippen LogP contribution is -2.62. The van der Waals surface area contributed by atoms with Gasteiger partial charge in [0.05, 0.1) is 11.5 Å². The van der Waals surface area contributed by atoms with Crippen LogP contribution in [0.25, 0.3) is 11.1 Å². The first-order valence-corrected chi connectivity index (χ1v) is 15.3. The van der Waals surface area contributed by atoms with E-state index in [1.165, 1.54) is 11.3 Å². The molecule has 40 heavy (non-hydrogen) atoms. The highest BCUT2D eigenvalue weighted by atomic mass is 79.9. The Hall–Kier alpha value is -3.21. The minimum atomic E-state index is -0.641. The third-order valence-corrected chi connectivity index (χ3v) is 10.2. The van der Waals surface area contributed by atoms with Crippen molar-refractivity contribution in [1.82, 2.24) is 0 Å². The second-order valence-corrected chi connectivity index (χ2v) is 12.8. The van der Waals surface area contributed by atoms with Crippen LogP contribution in [0.5, 0.6) is 0 Å². The molecule has 6 rings (SSSR count). The largest absolute Gasteiger partial charge is 0.363 e. The molecule has 0 saturated heterocycles. The molecule has 0 radical (unpaired) electrons. The molecule has 0 fully saturated rings. The topological polar surface area (TPSA) is 20.3 Å². The van der Waals surface area contributed by atoms with Gasteiger partial charge >= 0.3 is 0 Å². The first-order chi connectivity index (χ1) is 19.3. The van der Waals surface area contributed by atoms with Gasteiger partial charge in [0.2, 0.25) is 0 Å². The number of Topliss-reactive ketones (excluding diaryl/α,β-unsaturated/α-hetero) is 1. The van der Waals surface area contributed by atoms with Crippen LogP contribution in [-0.2, 0) is 5.41 Å². The van der Waals surface area contributed by atoms with Crippen LogP contribution in [0.2, 0.25) is 0 Å². The first kappa shape index (κ1) is 27.0. The summed E-state index contributed by atoms with van der Waals surface area (Å²) in [5, 5.41) is 0. The van der Waals surface area contributed by atoms with Gasteiger partial charge in [0, 0.05) is 32.7 Å². The zero-order valence-corrected chi connectivity index (χ0v) is 26.0. The predicted molar refractivity (Wildman–Crippen MR) is 174 cm³/mol. The van der Waals surface area contributed by atoms with Gasteiger partial charge in [-0.2, -0.15) is 0 Å². The summed E-state index contributed by atoms with van der Waals surface area (Å²) in [6.45, 7) is 4.60. The quantitative estimate of drug-likeness (QED) is 0.200. The Morgan fingerprint density at radius 3 is 2.05 bits per heavy atom. The van der Waals surface area contributed by atoms with Gasteiger partial charge in [-0.05, 0) is 76.7 Å². The molecule has 0 amide bonds. The number of fused-ring (bicyclic) bond motifs is 1. The summed E-state index contributed by atoms with van der Waals surface area (Å²) >= 11 is 7.16. The number of nitrogens with zero attached hydrogens (tertiary/aromatic N) is 1. The maximum Gasteiger partial charge on any atom is 0.173 e. The summed E-state index contributed by atoms with van der Waals surface area (Å²) in [6, 6.07) is 35.4. The molecule has 1 heterocycles. The summed E-state index contributed by atoms with van der Waals surface area (Å²) in [7, 11) is 2.17. The molecule has 3 atom stereocenters. The fourth-order valence-electron chi connectivity index (χ4n) is 6.92. The lowest BCUT2D eigenvalue weighted by Gasteiger charge is -2.53. The van der Waals surface area contributed by atoms with Crippen LogP contribution >= 0.6 is 31.9 Å². The van der Waals surface area contributed by atoms with E-state index in [0.717, 1.165) is 43.2 Å². The SMILES string of the molecule is CC[C@@]1(C)c2ccccc2N(C)[C@]12C=C(c1ccc(Br)cc1)C=C(c1ccccc1)[C@H]2C(=O)c1ccc(Br)cc1. The van der Waals surface area contributed by atoms with Crippen LogP contribution in [0, 0.1) is 5.92 Å². The molecule has 0 saturated carbocycles. The summed E-state index contributed by atoms with van der Waals surface area (Å²) in [5.41, 5.74) is 6.60. The van der Waals surface area contributed by atoms with Gasteiger partial charge in [-0.25, -0.2) is 0 Å². The van der Waals surface area contributed by atoms with Gasteiger partial charge in [-0.15, -0.1) is 0 Å². The smallest absolute Gasteiger partial charge is 0.173 e. The minimum absolute atomic E-state index is 0.132. The normalized spacial score (nSPS) is 23.5. The second-order valence-electron chi connectivity index (χ2n) is 11.0. The molecule has 0 unspecified atom stereocenters. The average Bonchev–Trinajstić information content (AvgIpc) is 3.17. The van der Waals surface area contributed by atoms with E-state index in [0.29, 0.717) is 0 Å². The van der Waals surface area contributed by atoms with Crippen molar-refractivity contribution in [1.29, 1.82) is 0 Å². The van der Waals surface area contributed by atoms with Gasteiger partial charge < -0.3 is 4.90 Å². The molecular formula is C36H31Br2NO. The number of para-hydroxylation sites is 1. The molecule has 0 bridgehead atoms. The number of ketones is 1. The number of likely N-dealkylation sites (N-methyl/N-ethyl adjacent to an activating group) is 1. The first-order valence-electron chi connectivity index (χ1n) is 13.7. The molecule has 4 heteroatoms. The molecule has 1 aliphatic heterocycles. The maximum atomic E-state index is 14.9. The third kappa shape index (κ3) is 4.07. The van der Waals surface area contributed by atoms with Crippen LogP contribution in [0.3, 0.4) is 0 Å². The molecule has 200 valence electrons. The maximum absolute atomic E-state index is 14.9. The van der Waals surface area contributed by atoms with E-state index in [-0.39, 0.29) is 11.2 Å². The number of benzene rings is 4. The Kier molecular flexibility index (Phi) is 6.96. The van der Waals surface area contributed by atoms with Gasteiger partial charge in [0.15, 0.2) is 5.78 Å². The van der Waals surface area contributed by atoms with Crippen molar-refractivity contribution in [3.05, 3.63) is 146 Å². The lowest BCUT2D eigenvalue weighted by atomic mass is 9.55. The van der Waals surface area contributed by atoms with E-state index < -0.39 is 11.5 Å². The summed E-state index contributed by atoms with van der Waals surface area (Å²) < 4.78 is 2.00. The van der Waals surface area contributed by atoms with Gasteiger partial charge in [0.25, 0.3) is 0 Å². The monoisotopic (exact) mass is 651 g/mol. The molecule has 0 aromatic heterocycles. The number of halogens is 2. The number of anilines is 1. The van der Waals surface area contributed by atoms with E-state index in [1.54, 1.807) is 0 Å². The molecule has 2 nitrogen and oxygen atoms in total. The van der Waals surface area contributed by atoms with Gasteiger partial charge in [-0.1, -0.05) is 119 Å². The highest BCUT2D eigenvalue weighted by Crippen LogP contribution is 2.61. The summed E-state index contributed by atoms with van der Waals surface area (Å²) in [4.78, 5) is 17.3. The fourth-order valence-corrected chi connectivity index (χ4v) is 7.45. The van der Waals surface area contributed by atoms with Crippen molar-refractivity contribution in [3.8, 4) is 0 Å². The van der Waals surface area contributed by atoms with Crippen molar-refractivity contribution < 1.29 is 4.79 Å². The van der Waals surface area contributed by atoms with E-state index in [9.17, 15) is 4.79 Å². The minimum Gasteiger partial charge on any atom is -0.363 e. The molecule has 2 aliphatic rings. The van der Waals surface area contributed by atoms with Crippen molar-refractivity contribution in [3.63, 3.8) is 0 Å². The Labute approximate surface area is 253 Å². The Morgan fingerprint density at radius 2 is 1.40 bits per heavy atom. The van der Waals surface area contributed by atoms with Crippen molar-refractivity contribution >= 4 is 54.5 Å². The third-order valence-electron chi connectivity index (χ3n) is 9.12. The molecule has 1 spiro atoms. The van der Waals surface area contributed by atoms with Crippen molar-refractivity contribution in [2.75, 3.05) is 11.9 Å². The standard InChI is InChI=1S/C36H31Br2NO/c1-4-35(2)31-12-8-9-13-32(31)39(3)36(35)23-27(24-14-18-28(37)19-15-24)22-30(25-10-6-5-7-11-25)33(36)34(40)26-16-20-29(38)21-17-26/h5-23,33H,4H2,1-3H3/t33-,35-,36-/m0/s1. The van der Waals surface area contributed by atoms with Crippen LogP contribution in [0.15, 0.2) is 124 Å². The Bertz CT molecular complexity index is 1640. The number of hydrogen-bond acceptors (Lipinski definition) is 2. The molecule has 4 aromatic rings. The van der Waals surface area contributed by atoms with E-state index in [4.69, 9.17) is 0 Å². The summed E-state index contributed by atoms with van der Waals surface area (Å²) in [6.07, 6.45) is 5.52. The van der Waals surface area contributed by atoms with Crippen molar-refractivity contribution in [2.24, 2.45) is 5.92 Å². The molecule has 4 aromatic carbocycles. The summed E-state index contributed by atoms with van der Waals surface area (Å²) in [5.74, 6) is -0.300. The van der Waals surface area contributed by atoms with Crippen LogP contribution < -0.4 is 4.90 Å². The number of carbonyl (C=O) groups excluding carboxylic acids is 1. The highest BCUT2D eigenvalue weighted by Gasteiger charge is 2.63. The van der Waals surface area contributed by atoms with Gasteiger partial charge in [-0.3, -0.25) is 4.79 Å². The number of hydrogen-bond donors (Lipinski definition) is 0. The number of allylic oxidation sites excluding steroid dienone is 2. The number of carbonyl (C=O) groups is 1. The van der Waals surface area contributed by atoms with Crippen LogP contribution in [-0.4, -0.2) is 18.4 Å². The molecule has 0 N–H and O–H groups in total. The predicted octanol–water partition coefficient (Wildman–Crippen LogP) is 9.75. The van der Waals surface area contributed by atoms with Gasteiger partial charge in [0.1, 0.15) is 0 Å². The fraction of sp³-hybridized carbons (Fsp3) is 0.194.